The lowest BCUT2D eigenvalue weighted by Gasteiger charge is -2.10. The van der Waals surface area contributed by atoms with Crippen molar-refractivity contribution < 1.29 is 23.5 Å². The number of ketones is 1. The minimum atomic E-state index is -0.719. The molecule has 0 aliphatic rings. The maximum absolute atomic E-state index is 12.5. The summed E-state index contributed by atoms with van der Waals surface area (Å²) in [7, 11) is 0. The Labute approximate surface area is 172 Å². The van der Waals surface area contributed by atoms with E-state index in [4.69, 9.17) is 9.15 Å². The quantitative estimate of drug-likeness (QED) is 0.374. The van der Waals surface area contributed by atoms with Gasteiger partial charge in [-0.3, -0.25) is 9.59 Å². The van der Waals surface area contributed by atoms with Gasteiger partial charge in [-0.1, -0.05) is 48.5 Å². The van der Waals surface area contributed by atoms with Crippen molar-refractivity contribution in [3.63, 3.8) is 0 Å². The van der Waals surface area contributed by atoms with Crippen LogP contribution in [0.25, 0.3) is 11.0 Å². The van der Waals surface area contributed by atoms with E-state index in [-0.39, 0.29) is 17.2 Å². The zero-order valence-corrected chi connectivity index (χ0v) is 15.8. The predicted octanol–water partition coefficient (Wildman–Crippen LogP) is 4.72. The standard InChI is InChI=1S/C24H17NO5/c26-20(22-14-17-10-4-7-13-21(17)30-22)15-29-24(28)18-11-5-6-12-19(18)25-23(27)16-8-2-1-3-9-16/h1-14H,15H2,(H,25,27). The molecule has 30 heavy (non-hydrogen) atoms. The summed E-state index contributed by atoms with van der Waals surface area (Å²) in [6, 6.07) is 23.9. The maximum Gasteiger partial charge on any atom is 0.340 e. The third-order valence-electron chi connectivity index (χ3n) is 4.47. The summed E-state index contributed by atoms with van der Waals surface area (Å²) in [6.45, 7) is -0.473. The van der Waals surface area contributed by atoms with Crippen molar-refractivity contribution in [1.82, 2.24) is 0 Å². The Hall–Kier alpha value is -4.19. The van der Waals surface area contributed by atoms with Crippen molar-refractivity contribution in [3.8, 4) is 0 Å². The molecule has 0 saturated carbocycles. The van der Waals surface area contributed by atoms with Gasteiger partial charge in [0, 0.05) is 10.9 Å². The number of anilines is 1. The molecular formula is C24H17NO5. The van der Waals surface area contributed by atoms with Crippen LogP contribution < -0.4 is 5.32 Å². The van der Waals surface area contributed by atoms with Gasteiger partial charge in [0.05, 0.1) is 11.3 Å². The highest BCUT2D eigenvalue weighted by molar-refractivity contribution is 6.08. The Kier molecular flexibility index (Phi) is 5.39. The van der Waals surface area contributed by atoms with Gasteiger partial charge in [-0.2, -0.15) is 0 Å². The van der Waals surface area contributed by atoms with E-state index in [9.17, 15) is 14.4 Å². The van der Waals surface area contributed by atoms with Crippen LogP contribution in [0.1, 0.15) is 31.3 Å². The first-order chi connectivity index (χ1) is 14.6. The molecule has 1 N–H and O–H groups in total. The van der Waals surface area contributed by atoms with Crippen LogP contribution in [0.15, 0.2) is 89.3 Å². The number of amides is 1. The molecule has 4 rings (SSSR count). The van der Waals surface area contributed by atoms with Gasteiger partial charge >= 0.3 is 5.97 Å². The van der Waals surface area contributed by atoms with E-state index in [0.29, 0.717) is 16.8 Å². The van der Waals surface area contributed by atoms with Crippen LogP contribution in [0, 0.1) is 0 Å². The molecule has 6 nitrogen and oxygen atoms in total. The third-order valence-corrected chi connectivity index (χ3v) is 4.47. The lowest BCUT2D eigenvalue weighted by Crippen LogP contribution is -2.18. The lowest BCUT2D eigenvalue weighted by atomic mass is 10.1. The average Bonchev–Trinajstić information content (AvgIpc) is 3.22. The first kappa shape index (κ1) is 19.1. The SMILES string of the molecule is O=C(Nc1ccccc1C(=O)OCC(=O)c1cc2ccccc2o1)c1ccccc1. The fourth-order valence-corrected chi connectivity index (χ4v) is 2.95. The molecule has 0 aliphatic carbocycles. The zero-order chi connectivity index (χ0) is 20.9. The fourth-order valence-electron chi connectivity index (χ4n) is 2.95. The van der Waals surface area contributed by atoms with E-state index in [0.717, 1.165) is 5.39 Å². The van der Waals surface area contributed by atoms with E-state index in [1.165, 1.54) is 6.07 Å². The summed E-state index contributed by atoms with van der Waals surface area (Å²) < 4.78 is 10.7. The Balaban J connectivity index is 1.44. The molecule has 148 valence electrons. The van der Waals surface area contributed by atoms with Gasteiger partial charge in [-0.25, -0.2) is 4.79 Å². The molecule has 0 radical (unpaired) electrons. The Bertz CT molecular complexity index is 1190. The minimum Gasteiger partial charge on any atom is -0.453 e. The van der Waals surface area contributed by atoms with Crippen molar-refractivity contribution in [1.29, 1.82) is 0 Å². The number of carbonyl (C=O) groups is 3. The topological polar surface area (TPSA) is 85.6 Å². The van der Waals surface area contributed by atoms with Gasteiger partial charge in [0.25, 0.3) is 5.91 Å². The summed E-state index contributed by atoms with van der Waals surface area (Å²) in [6.07, 6.45) is 0. The van der Waals surface area contributed by atoms with Gasteiger partial charge < -0.3 is 14.5 Å². The summed E-state index contributed by atoms with van der Waals surface area (Å²) >= 11 is 0. The van der Waals surface area contributed by atoms with Gasteiger partial charge in [0.1, 0.15) is 5.58 Å². The van der Waals surface area contributed by atoms with E-state index in [1.807, 2.05) is 12.1 Å². The molecule has 0 fully saturated rings. The van der Waals surface area contributed by atoms with Crippen molar-refractivity contribution in [2.24, 2.45) is 0 Å². The van der Waals surface area contributed by atoms with Crippen LogP contribution in [0.3, 0.4) is 0 Å². The van der Waals surface area contributed by atoms with Crippen LogP contribution in [0.2, 0.25) is 0 Å². The second kappa shape index (κ2) is 8.45. The number of hydrogen-bond acceptors (Lipinski definition) is 5. The van der Waals surface area contributed by atoms with E-state index < -0.39 is 18.4 Å². The van der Waals surface area contributed by atoms with Crippen molar-refractivity contribution in [2.75, 3.05) is 11.9 Å². The highest BCUT2D eigenvalue weighted by atomic mass is 16.5. The Morgan fingerprint density at radius 1 is 0.833 bits per heavy atom. The highest BCUT2D eigenvalue weighted by Gasteiger charge is 2.18. The number of nitrogens with one attached hydrogen (secondary N) is 1. The molecule has 0 spiro atoms. The molecule has 1 heterocycles. The van der Waals surface area contributed by atoms with E-state index >= 15 is 0 Å². The van der Waals surface area contributed by atoms with Crippen LogP contribution in [-0.2, 0) is 4.74 Å². The number of rotatable bonds is 6. The van der Waals surface area contributed by atoms with Gasteiger partial charge in [0.2, 0.25) is 5.78 Å². The molecule has 0 saturated heterocycles. The molecule has 0 aliphatic heterocycles. The van der Waals surface area contributed by atoms with Crippen molar-refractivity contribution in [3.05, 3.63) is 102 Å². The first-order valence-electron chi connectivity index (χ1n) is 9.26. The average molecular weight is 399 g/mol. The minimum absolute atomic E-state index is 0.120. The summed E-state index contributed by atoms with van der Waals surface area (Å²) in [4.78, 5) is 37.3. The second-order valence-electron chi connectivity index (χ2n) is 6.51. The van der Waals surface area contributed by atoms with E-state index in [2.05, 4.69) is 5.32 Å². The monoisotopic (exact) mass is 399 g/mol. The first-order valence-corrected chi connectivity index (χ1v) is 9.26. The lowest BCUT2D eigenvalue weighted by molar-refractivity contribution is 0.0469. The smallest absolute Gasteiger partial charge is 0.340 e. The molecule has 4 aromatic rings. The molecule has 0 unspecified atom stereocenters. The number of benzene rings is 3. The number of Topliss-reactive ketones (excluding diaryl/α,β-unsaturated/α-hetero) is 1. The fraction of sp³-hybridized carbons (Fsp3) is 0.0417. The molecule has 0 bridgehead atoms. The maximum atomic E-state index is 12.5. The molecule has 0 atom stereocenters. The Morgan fingerprint density at radius 2 is 1.53 bits per heavy atom. The zero-order valence-electron chi connectivity index (χ0n) is 15.8. The second-order valence-corrected chi connectivity index (χ2v) is 6.51. The van der Waals surface area contributed by atoms with Crippen LogP contribution in [0.4, 0.5) is 5.69 Å². The number of para-hydroxylation sites is 2. The number of furan rings is 1. The van der Waals surface area contributed by atoms with Crippen LogP contribution in [-0.4, -0.2) is 24.3 Å². The molecule has 1 aromatic heterocycles. The largest absolute Gasteiger partial charge is 0.453 e. The van der Waals surface area contributed by atoms with Crippen molar-refractivity contribution in [2.45, 2.75) is 0 Å². The summed E-state index contributed by atoms with van der Waals surface area (Å²) in [5, 5.41) is 3.49. The van der Waals surface area contributed by atoms with Gasteiger partial charge in [-0.05, 0) is 36.4 Å². The van der Waals surface area contributed by atoms with Crippen LogP contribution in [0.5, 0.6) is 0 Å². The van der Waals surface area contributed by atoms with Gasteiger partial charge in [0.15, 0.2) is 12.4 Å². The molecule has 6 heteroatoms. The highest BCUT2D eigenvalue weighted by Crippen LogP contribution is 2.20. The number of fused-ring (bicyclic) bond motifs is 1. The normalized spacial score (nSPS) is 10.5. The van der Waals surface area contributed by atoms with Crippen molar-refractivity contribution >= 4 is 34.3 Å². The predicted molar refractivity (Wildman–Crippen MR) is 112 cm³/mol. The summed E-state index contributed by atoms with van der Waals surface area (Å²) in [5.74, 6) is -1.40. The Morgan fingerprint density at radius 3 is 2.33 bits per heavy atom. The number of esters is 1. The number of carbonyl (C=O) groups excluding carboxylic acids is 3. The van der Waals surface area contributed by atoms with Crippen LogP contribution >= 0.6 is 0 Å². The van der Waals surface area contributed by atoms with Gasteiger partial charge in [-0.15, -0.1) is 0 Å². The summed E-state index contributed by atoms with van der Waals surface area (Å²) in [5.41, 5.74) is 1.49. The number of ether oxygens (including phenoxy) is 1. The molecule has 1 amide bonds. The molecule has 3 aromatic carbocycles. The molecular weight excluding hydrogens is 382 g/mol. The number of hydrogen-bond donors (Lipinski definition) is 1. The van der Waals surface area contributed by atoms with E-state index in [1.54, 1.807) is 66.7 Å². The third kappa shape index (κ3) is 4.12.